The molecule has 0 aliphatic heterocycles. The van der Waals surface area contributed by atoms with Crippen LogP contribution in [0.5, 0.6) is 0 Å². The summed E-state index contributed by atoms with van der Waals surface area (Å²) in [6.07, 6.45) is 0. The van der Waals surface area contributed by atoms with E-state index < -0.39 is 0 Å². The third-order valence-corrected chi connectivity index (χ3v) is 1.94. The van der Waals surface area contributed by atoms with Crippen molar-refractivity contribution in [2.75, 3.05) is 27.3 Å². The average Bonchev–Trinajstić information content (AvgIpc) is 2.04. The number of hydrogen-bond donors (Lipinski definition) is 0. The molecule has 0 amide bonds. The Morgan fingerprint density at radius 3 is 2.50 bits per heavy atom. The summed E-state index contributed by atoms with van der Waals surface area (Å²) in [4.78, 5) is 2.14. The van der Waals surface area contributed by atoms with E-state index in [1.807, 2.05) is 14.0 Å². The van der Waals surface area contributed by atoms with Gasteiger partial charge >= 0.3 is 0 Å². The largest absolute Gasteiger partial charge is 0.383 e. The van der Waals surface area contributed by atoms with Crippen molar-refractivity contribution in [3.8, 4) is 6.07 Å². The summed E-state index contributed by atoms with van der Waals surface area (Å²) < 4.78 is 5.02. The number of nitrogens with zero attached hydrogens (tertiary/aromatic N) is 2. The van der Waals surface area contributed by atoms with Crippen LogP contribution >= 0.6 is 0 Å². The molecule has 0 aromatic carbocycles. The first kappa shape index (κ1) is 11.4. The van der Waals surface area contributed by atoms with Gasteiger partial charge in [0, 0.05) is 19.7 Å². The number of hydrogen-bond acceptors (Lipinski definition) is 3. The molecule has 0 saturated carbocycles. The van der Waals surface area contributed by atoms with Crippen LogP contribution in [0.4, 0.5) is 0 Å². The standard InChI is InChI=1S/C9H18N2O/c1-8(5-10)6-11(3)9(2)7-12-4/h8-9H,6-7H2,1-4H3. The maximum absolute atomic E-state index is 8.59. The molecule has 70 valence electrons. The van der Waals surface area contributed by atoms with Crippen molar-refractivity contribution in [3.63, 3.8) is 0 Å². The topological polar surface area (TPSA) is 36.3 Å². The maximum atomic E-state index is 8.59. The number of likely N-dealkylation sites (N-methyl/N-ethyl adjacent to an activating group) is 1. The summed E-state index contributed by atoms with van der Waals surface area (Å²) in [5, 5.41) is 8.59. The van der Waals surface area contributed by atoms with Crippen molar-refractivity contribution in [1.82, 2.24) is 4.90 Å². The highest BCUT2D eigenvalue weighted by Crippen LogP contribution is 2.01. The van der Waals surface area contributed by atoms with Gasteiger partial charge in [-0.1, -0.05) is 0 Å². The number of methoxy groups -OCH3 is 1. The van der Waals surface area contributed by atoms with Gasteiger partial charge in [-0.15, -0.1) is 0 Å². The Labute approximate surface area is 74.9 Å². The average molecular weight is 170 g/mol. The molecule has 0 saturated heterocycles. The Balaban J connectivity index is 3.71. The number of nitriles is 1. The predicted molar refractivity (Wildman–Crippen MR) is 48.7 cm³/mol. The van der Waals surface area contributed by atoms with Gasteiger partial charge in [-0.2, -0.15) is 5.26 Å². The van der Waals surface area contributed by atoms with Crippen molar-refractivity contribution in [3.05, 3.63) is 0 Å². The van der Waals surface area contributed by atoms with E-state index in [4.69, 9.17) is 10.00 Å². The quantitative estimate of drug-likeness (QED) is 0.620. The Bertz CT molecular complexity index is 153. The lowest BCUT2D eigenvalue weighted by Gasteiger charge is -2.24. The molecule has 0 aliphatic carbocycles. The Hall–Kier alpha value is -0.590. The summed E-state index contributed by atoms with van der Waals surface area (Å²) in [6, 6.07) is 2.59. The summed E-state index contributed by atoms with van der Waals surface area (Å²) in [5.74, 6) is 0.0920. The molecule has 0 N–H and O–H groups in total. The van der Waals surface area contributed by atoms with Crippen molar-refractivity contribution >= 4 is 0 Å². The highest BCUT2D eigenvalue weighted by Gasteiger charge is 2.11. The molecule has 2 unspecified atom stereocenters. The van der Waals surface area contributed by atoms with Gasteiger partial charge in [0.25, 0.3) is 0 Å². The van der Waals surface area contributed by atoms with Crippen LogP contribution in [0.25, 0.3) is 0 Å². The molecule has 2 atom stereocenters. The molecule has 0 radical (unpaired) electrons. The van der Waals surface area contributed by atoms with E-state index in [0.717, 1.165) is 6.54 Å². The summed E-state index contributed by atoms with van der Waals surface area (Å²) in [7, 11) is 3.70. The second-order valence-electron chi connectivity index (χ2n) is 3.27. The molecule has 0 aromatic heterocycles. The molecule has 0 spiro atoms. The zero-order chi connectivity index (χ0) is 9.56. The molecule has 0 aromatic rings. The molecule has 0 fully saturated rings. The zero-order valence-corrected chi connectivity index (χ0v) is 8.37. The summed E-state index contributed by atoms with van der Waals surface area (Å²) >= 11 is 0. The molecule has 12 heavy (non-hydrogen) atoms. The second-order valence-corrected chi connectivity index (χ2v) is 3.27. The third-order valence-electron chi connectivity index (χ3n) is 1.94. The van der Waals surface area contributed by atoms with Crippen LogP contribution in [0.15, 0.2) is 0 Å². The fraction of sp³-hybridized carbons (Fsp3) is 0.889. The second kappa shape index (κ2) is 5.99. The molecule has 0 rings (SSSR count). The van der Waals surface area contributed by atoms with E-state index in [1.165, 1.54) is 0 Å². The van der Waals surface area contributed by atoms with E-state index in [2.05, 4.69) is 17.9 Å². The van der Waals surface area contributed by atoms with Crippen molar-refractivity contribution < 1.29 is 4.74 Å². The van der Waals surface area contributed by atoms with E-state index in [1.54, 1.807) is 7.11 Å². The van der Waals surface area contributed by atoms with Gasteiger partial charge in [-0.3, -0.25) is 0 Å². The highest BCUT2D eigenvalue weighted by atomic mass is 16.5. The molecule has 0 heterocycles. The smallest absolute Gasteiger partial charge is 0.0666 e. The minimum Gasteiger partial charge on any atom is -0.383 e. The first-order valence-electron chi connectivity index (χ1n) is 4.20. The van der Waals surface area contributed by atoms with E-state index in [-0.39, 0.29) is 5.92 Å². The maximum Gasteiger partial charge on any atom is 0.0666 e. The van der Waals surface area contributed by atoms with Gasteiger partial charge in [0.1, 0.15) is 0 Å². The summed E-state index contributed by atoms with van der Waals surface area (Å²) in [6.45, 7) is 5.54. The predicted octanol–water partition coefficient (Wildman–Crippen LogP) is 1.11. The fourth-order valence-electron chi connectivity index (χ4n) is 1.02. The van der Waals surface area contributed by atoms with Gasteiger partial charge in [0.2, 0.25) is 0 Å². The van der Waals surface area contributed by atoms with Crippen molar-refractivity contribution in [1.29, 1.82) is 5.26 Å². The third kappa shape index (κ3) is 4.32. The lowest BCUT2D eigenvalue weighted by molar-refractivity contribution is 0.111. The van der Waals surface area contributed by atoms with Crippen LogP contribution in [0.2, 0.25) is 0 Å². The molecule has 0 bridgehead atoms. The lowest BCUT2D eigenvalue weighted by Crippen LogP contribution is -2.35. The SMILES string of the molecule is COCC(C)N(C)CC(C)C#N. The summed E-state index contributed by atoms with van der Waals surface area (Å²) in [5.41, 5.74) is 0. The molecular formula is C9H18N2O. The molecule has 3 nitrogen and oxygen atoms in total. The minimum atomic E-state index is 0.0920. The monoisotopic (exact) mass is 170 g/mol. The van der Waals surface area contributed by atoms with Gasteiger partial charge in [0.15, 0.2) is 0 Å². The number of rotatable bonds is 5. The normalized spacial score (nSPS) is 15.7. The fourth-order valence-corrected chi connectivity index (χ4v) is 1.02. The van der Waals surface area contributed by atoms with Crippen LogP contribution in [0.3, 0.4) is 0 Å². The Kier molecular flexibility index (Phi) is 5.69. The van der Waals surface area contributed by atoms with Crippen LogP contribution in [0, 0.1) is 17.2 Å². The van der Waals surface area contributed by atoms with Gasteiger partial charge < -0.3 is 9.64 Å². The first-order chi connectivity index (χ1) is 5.61. The van der Waals surface area contributed by atoms with E-state index in [9.17, 15) is 0 Å². The Morgan fingerprint density at radius 1 is 1.50 bits per heavy atom. The van der Waals surface area contributed by atoms with Crippen LogP contribution < -0.4 is 0 Å². The highest BCUT2D eigenvalue weighted by molar-refractivity contribution is 4.81. The van der Waals surface area contributed by atoms with Crippen molar-refractivity contribution in [2.45, 2.75) is 19.9 Å². The van der Waals surface area contributed by atoms with E-state index >= 15 is 0 Å². The first-order valence-corrected chi connectivity index (χ1v) is 4.20. The van der Waals surface area contributed by atoms with Gasteiger partial charge in [-0.25, -0.2) is 0 Å². The van der Waals surface area contributed by atoms with Crippen molar-refractivity contribution in [2.24, 2.45) is 5.92 Å². The number of ether oxygens (including phenoxy) is 1. The lowest BCUT2D eigenvalue weighted by atomic mass is 10.2. The van der Waals surface area contributed by atoms with Crippen LogP contribution in [0.1, 0.15) is 13.8 Å². The van der Waals surface area contributed by atoms with Gasteiger partial charge in [0.05, 0.1) is 18.6 Å². The molecule has 3 heteroatoms. The molecule has 0 aliphatic rings. The van der Waals surface area contributed by atoms with E-state index in [0.29, 0.717) is 12.6 Å². The Morgan fingerprint density at radius 2 is 2.08 bits per heavy atom. The zero-order valence-electron chi connectivity index (χ0n) is 8.37. The van der Waals surface area contributed by atoms with Gasteiger partial charge in [-0.05, 0) is 20.9 Å². The minimum absolute atomic E-state index is 0.0920. The van der Waals surface area contributed by atoms with Crippen LogP contribution in [-0.4, -0.2) is 38.3 Å². The van der Waals surface area contributed by atoms with Crippen LogP contribution in [-0.2, 0) is 4.74 Å². The molecular weight excluding hydrogens is 152 g/mol.